The summed E-state index contributed by atoms with van der Waals surface area (Å²) in [6, 6.07) is 5.49. The minimum Gasteiger partial charge on any atom is -0.207 e. The molecule has 0 spiro atoms. The van der Waals surface area contributed by atoms with Gasteiger partial charge in [-0.3, -0.25) is 0 Å². The zero-order valence-electron chi connectivity index (χ0n) is 6.74. The van der Waals surface area contributed by atoms with E-state index < -0.39 is 18.4 Å². The third kappa shape index (κ3) is 3.44. The first-order chi connectivity index (χ1) is 5.99. The number of benzene rings is 1. The minimum atomic E-state index is -4.22. The molecule has 0 saturated heterocycles. The highest BCUT2D eigenvalue weighted by atomic mass is 19.4. The molecule has 0 aromatic heterocycles. The van der Waals surface area contributed by atoms with Crippen molar-refractivity contribution in [1.82, 2.24) is 0 Å². The monoisotopic (exact) mass is 192 g/mol. The Labute approximate surface area is 73.2 Å². The van der Waals surface area contributed by atoms with Crippen LogP contribution in [-0.2, 0) is 6.42 Å². The van der Waals surface area contributed by atoms with Crippen LogP contribution >= 0.6 is 0 Å². The molecule has 0 aliphatic heterocycles. The van der Waals surface area contributed by atoms with Gasteiger partial charge >= 0.3 is 6.18 Å². The zero-order chi connectivity index (χ0) is 9.90. The van der Waals surface area contributed by atoms with Crippen LogP contribution in [0.1, 0.15) is 12.0 Å². The Kier molecular flexibility index (Phi) is 2.90. The average molecular weight is 192 g/mol. The SMILES string of the molecule is Fc1ccccc1CCC(F)(F)F. The van der Waals surface area contributed by atoms with E-state index in [0.29, 0.717) is 0 Å². The molecule has 1 aromatic rings. The molecule has 0 aliphatic rings. The predicted octanol–water partition coefficient (Wildman–Crippen LogP) is 3.32. The van der Waals surface area contributed by atoms with Gasteiger partial charge in [-0.25, -0.2) is 4.39 Å². The number of halogens is 4. The third-order valence-electron chi connectivity index (χ3n) is 1.64. The van der Waals surface area contributed by atoms with Gasteiger partial charge in [-0.1, -0.05) is 18.2 Å². The minimum absolute atomic E-state index is 0.111. The van der Waals surface area contributed by atoms with Crippen molar-refractivity contribution < 1.29 is 17.6 Å². The van der Waals surface area contributed by atoms with E-state index in [1.165, 1.54) is 18.2 Å². The number of rotatable bonds is 2. The van der Waals surface area contributed by atoms with Crippen LogP contribution in [0.4, 0.5) is 17.6 Å². The summed E-state index contributed by atoms with van der Waals surface area (Å²) < 4.78 is 48.0. The number of hydrogen-bond donors (Lipinski definition) is 0. The maximum Gasteiger partial charge on any atom is 0.389 e. The Balaban J connectivity index is 2.60. The first-order valence-electron chi connectivity index (χ1n) is 3.79. The van der Waals surface area contributed by atoms with Crippen LogP contribution in [0, 0.1) is 5.82 Å². The fourth-order valence-electron chi connectivity index (χ4n) is 0.978. The summed E-state index contributed by atoms with van der Waals surface area (Å²) in [5.74, 6) is -0.577. The molecule has 4 heteroatoms. The molecule has 0 saturated carbocycles. The molecule has 0 aliphatic carbocycles. The zero-order valence-corrected chi connectivity index (χ0v) is 6.74. The molecule has 0 heterocycles. The van der Waals surface area contributed by atoms with Crippen LogP contribution in [0.15, 0.2) is 24.3 Å². The maximum atomic E-state index is 12.8. The Hall–Kier alpha value is -1.06. The van der Waals surface area contributed by atoms with Crippen molar-refractivity contribution in [1.29, 1.82) is 0 Å². The van der Waals surface area contributed by atoms with Crippen molar-refractivity contribution in [3.63, 3.8) is 0 Å². The summed E-state index contributed by atoms with van der Waals surface area (Å²) in [5, 5.41) is 0. The molecule has 1 rings (SSSR count). The molecular weight excluding hydrogens is 184 g/mol. The Morgan fingerprint density at radius 1 is 1.08 bits per heavy atom. The van der Waals surface area contributed by atoms with Crippen LogP contribution < -0.4 is 0 Å². The van der Waals surface area contributed by atoms with Crippen LogP contribution in [0.25, 0.3) is 0 Å². The molecule has 1 aromatic carbocycles. The molecule has 0 amide bonds. The van der Waals surface area contributed by atoms with Crippen LogP contribution in [0.5, 0.6) is 0 Å². The van der Waals surface area contributed by atoms with Crippen LogP contribution in [0.2, 0.25) is 0 Å². The normalized spacial score (nSPS) is 11.7. The largest absolute Gasteiger partial charge is 0.389 e. The number of aryl methyl sites for hydroxylation is 1. The van der Waals surface area contributed by atoms with Gasteiger partial charge in [-0.15, -0.1) is 0 Å². The van der Waals surface area contributed by atoms with E-state index in [2.05, 4.69) is 0 Å². The van der Waals surface area contributed by atoms with Gasteiger partial charge in [0.15, 0.2) is 0 Å². The van der Waals surface area contributed by atoms with Gasteiger partial charge in [0.2, 0.25) is 0 Å². The number of alkyl halides is 3. The smallest absolute Gasteiger partial charge is 0.207 e. The third-order valence-corrected chi connectivity index (χ3v) is 1.64. The lowest BCUT2D eigenvalue weighted by molar-refractivity contribution is -0.134. The summed E-state index contributed by atoms with van der Waals surface area (Å²) in [6.07, 6.45) is -5.49. The van der Waals surface area contributed by atoms with Gasteiger partial charge < -0.3 is 0 Å². The van der Waals surface area contributed by atoms with Crippen molar-refractivity contribution in [3.05, 3.63) is 35.6 Å². The highest BCUT2D eigenvalue weighted by Crippen LogP contribution is 2.22. The Morgan fingerprint density at radius 3 is 2.23 bits per heavy atom. The molecular formula is C9H8F4. The molecule has 0 fully saturated rings. The molecule has 0 bridgehead atoms. The van der Waals surface area contributed by atoms with Gasteiger partial charge in [0.1, 0.15) is 5.82 Å². The molecule has 0 N–H and O–H groups in total. The Morgan fingerprint density at radius 2 is 1.69 bits per heavy atom. The summed E-state index contributed by atoms with van der Waals surface area (Å²) in [5.41, 5.74) is 0.111. The van der Waals surface area contributed by atoms with E-state index in [9.17, 15) is 17.6 Å². The summed E-state index contributed by atoms with van der Waals surface area (Å²) >= 11 is 0. The van der Waals surface area contributed by atoms with Gasteiger partial charge in [-0.2, -0.15) is 13.2 Å². The van der Waals surface area contributed by atoms with E-state index in [0.717, 1.165) is 6.07 Å². The van der Waals surface area contributed by atoms with E-state index in [-0.39, 0.29) is 12.0 Å². The standard InChI is InChI=1S/C9H8F4/c10-8-4-2-1-3-7(8)5-6-9(11,12)13/h1-4H,5-6H2. The fourth-order valence-corrected chi connectivity index (χ4v) is 0.978. The molecule has 0 nitrogen and oxygen atoms in total. The molecule has 13 heavy (non-hydrogen) atoms. The first kappa shape index (κ1) is 10.0. The van der Waals surface area contributed by atoms with Crippen LogP contribution in [0.3, 0.4) is 0 Å². The van der Waals surface area contributed by atoms with E-state index in [1.54, 1.807) is 0 Å². The lowest BCUT2D eigenvalue weighted by Gasteiger charge is -2.06. The van der Waals surface area contributed by atoms with Crippen molar-refractivity contribution in [2.24, 2.45) is 0 Å². The van der Waals surface area contributed by atoms with Gasteiger partial charge in [0, 0.05) is 6.42 Å². The topological polar surface area (TPSA) is 0 Å². The van der Waals surface area contributed by atoms with Crippen molar-refractivity contribution in [3.8, 4) is 0 Å². The highest BCUT2D eigenvalue weighted by Gasteiger charge is 2.26. The molecule has 0 unspecified atom stereocenters. The summed E-state index contributed by atoms with van der Waals surface area (Å²) in [4.78, 5) is 0. The Bertz CT molecular complexity index is 277. The van der Waals surface area contributed by atoms with Crippen molar-refractivity contribution in [2.45, 2.75) is 19.0 Å². The molecule has 72 valence electrons. The van der Waals surface area contributed by atoms with Crippen molar-refractivity contribution >= 4 is 0 Å². The summed E-state index contributed by atoms with van der Waals surface area (Å²) in [7, 11) is 0. The quantitative estimate of drug-likeness (QED) is 0.630. The number of hydrogen-bond acceptors (Lipinski definition) is 0. The van der Waals surface area contributed by atoms with Gasteiger partial charge in [0.25, 0.3) is 0 Å². The molecule has 0 atom stereocenters. The second-order valence-electron chi connectivity index (χ2n) is 2.71. The van der Waals surface area contributed by atoms with E-state index in [4.69, 9.17) is 0 Å². The molecule has 0 radical (unpaired) electrons. The first-order valence-corrected chi connectivity index (χ1v) is 3.79. The summed E-state index contributed by atoms with van der Waals surface area (Å²) in [6.45, 7) is 0. The van der Waals surface area contributed by atoms with Gasteiger partial charge in [0.05, 0.1) is 0 Å². The second kappa shape index (κ2) is 3.77. The van der Waals surface area contributed by atoms with Gasteiger partial charge in [-0.05, 0) is 18.1 Å². The maximum absolute atomic E-state index is 12.8. The predicted molar refractivity (Wildman–Crippen MR) is 40.8 cm³/mol. The lowest BCUT2D eigenvalue weighted by atomic mass is 10.1. The van der Waals surface area contributed by atoms with Crippen LogP contribution in [-0.4, -0.2) is 6.18 Å². The second-order valence-corrected chi connectivity index (χ2v) is 2.71. The van der Waals surface area contributed by atoms with Crippen molar-refractivity contribution in [2.75, 3.05) is 0 Å². The lowest BCUT2D eigenvalue weighted by Crippen LogP contribution is -2.09. The van der Waals surface area contributed by atoms with E-state index in [1.807, 2.05) is 0 Å². The fraction of sp³-hybridized carbons (Fsp3) is 0.333. The highest BCUT2D eigenvalue weighted by molar-refractivity contribution is 5.17. The van der Waals surface area contributed by atoms with E-state index >= 15 is 0 Å². The average Bonchev–Trinajstić information content (AvgIpc) is 2.01.